The number of rotatable bonds is 3. The second-order valence-corrected chi connectivity index (χ2v) is 4.56. The monoisotopic (exact) mass is 314 g/mol. The molecule has 0 bridgehead atoms. The van der Waals surface area contributed by atoms with Crippen LogP contribution in [0.3, 0.4) is 0 Å². The van der Waals surface area contributed by atoms with Gasteiger partial charge < -0.3 is 10.6 Å². The lowest BCUT2D eigenvalue weighted by Gasteiger charge is -2.09. The SMILES string of the molecule is CNc1c(F)cc(C(=O)Nc2ccc(Cl)c(F)c2)cc1F. The minimum atomic E-state index is -0.898. The maximum atomic E-state index is 13.6. The number of benzene rings is 2. The third kappa shape index (κ3) is 3.28. The van der Waals surface area contributed by atoms with Gasteiger partial charge in [-0.2, -0.15) is 0 Å². The number of hydrogen-bond donors (Lipinski definition) is 2. The number of anilines is 2. The normalized spacial score (nSPS) is 10.3. The fourth-order valence-corrected chi connectivity index (χ4v) is 1.84. The molecular weight excluding hydrogens is 305 g/mol. The number of carbonyl (C=O) groups is 1. The molecular formula is C14H10ClF3N2O. The molecule has 0 aliphatic carbocycles. The van der Waals surface area contributed by atoms with E-state index >= 15 is 0 Å². The molecule has 0 atom stereocenters. The van der Waals surface area contributed by atoms with Gasteiger partial charge in [0.05, 0.1) is 5.02 Å². The highest BCUT2D eigenvalue weighted by atomic mass is 35.5. The van der Waals surface area contributed by atoms with Crippen molar-refractivity contribution in [1.29, 1.82) is 0 Å². The standard InChI is InChI=1S/C14H10ClF3N2O/c1-19-13-11(17)4-7(5-12(13)18)14(21)20-8-2-3-9(15)10(16)6-8/h2-6,19H,1H3,(H,20,21). The largest absolute Gasteiger partial charge is 0.383 e. The first kappa shape index (κ1) is 15.2. The molecule has 21 heavy (non-hydrogen) atoms. The molecule has 0 spiro atoms. The van der Waals surface area contributed by atoms with Gasteiger partial charge in [0, 0.05) is 18.3 Å². The van der Waals surface area contributed by atoms with Gasteiger partial charge in [0.1, 0.15) is 23.1 Å². The lowest BCUT2D eigenvalue weighted by molar-refractivity contribution is 0.102. The van der Waals surface area contributed by atoms with Crippen LogP contribution in [-0.2, 0) is 0 Å². The van der Waals surface area contributed by atoms with Crippen molar-refractivity contribution in [2.24, 2.45) is 0 Å². The zero-order valence-electron chi connectivity index (χ0n) is 10.8. The van der Waals surface area contributed by atoms with Gasteiger partial charge in [-0.3, -0.25) is 4.79 Å². The Bertz CT molecular complexity index is 684. The summed E-state index contributed by atoms with van der Waals surface area (Å²) in [7, 11) is 1.36. The van der Waals surface area contributed by atoms with E-state index in [1.165, 1.54) is 19.2 Å². The molecule has 0 fully saturated rings. The third-order valence-corrected chi connectivity index (χ3v) is 3.04. The molecule has 0 aliphatic heterocycles. The topological polar surface area (TPSA) is 41.1 Å². The van der Waals surface area contributed by atoms with Gasteiger partial charge in [-0.1, -0.05) is 11.6 Å². The summed E-state index contributed by atoms with van der Waals surface area (Å²) in [5, 5.41) is 4.58. The van der Waals surface area contributed by atoms with Gasteiger partial charge >= 0.3 is 0 Å². The molecule has 0 saturated carbocycles. The van der Waals surface area contributed by atoms with Crippen LogP contribution < -0.4 is 10.6 Å². The lowest BCUT2D eigenvalue weighted by atomic mass is 10.1. The molecule has 3 nitrogen and oxygen atoms in total. The summed E-state index contributed by atoms with van der Waals surface area (Å²) in [6.45, 7) is 0. The first-order valence-electron chi connectivity index (χ1n) is 5.85. The average Bonchev–Trinajstić information content (AvgIpc) is 2.42. The van der Waals surface area contributed by atoms with Crippen molar-refractivity contribution in [1.82, 2.24) is 0 Å². The summed E-state index contributed by atoms with van der Waals surface area (Å²) in [4.78, 5) is 11.9. The van der Waals surface area contributed by atoms with Crippen molar-refractivity contribution < 1.29 is 18.0 Å². The quantitative estimate of drug-likeness (QED) is 0.897. The third-order valence-electron chi connectivity index (χ3n) is 2.73. The van der Waals surface area contributed by atoms with E-state index in [0.717, 1.165) is 18.2 Å². The maximum absolute atomic E-state index is 13.6. The molecule has 0 saturated heterocycles. The van der Waals surface area contributed by atoms with Gasteiger partial charge in [-0.25, -0.2) is 13.2 Å². The molecule has 110 valence electrons. The van der Waals surface area contributed by atoms with Crippen molar-refractivity contribution in [3.63, 3.8) is 0 Å². The van der Waals surface area contributed by atoms with E-state index in [-0.39, 0.29) is 22.0 Å². The average molecular weight is 315 g/mol. The molecule has 2 aromatic rings. The Morgan fingerprint density at radius 2 is 1.67 bits per heavy atom. The fraction of sp³-hybridized carbons (Fsp3) is 0.0714. The molecule has 0 aromatic heterocycles. The Kier molecular flexibility index (Phi) is 4.37. The first-order chi connectivity index (χ1) is 9.92. The zero-order valence-corrected chi connectivity index (χ0v) is 11.6. The van der Waals surface area contributed by atoms with E-state index in [1.54, 1.807) is 0 Å². The summed E-state index contributed by atoms with van der Waals surface area (Å²) >= 11 is 5.52. The Morgan fingerprint density at radius 1 is 1.05 bits per heavy atom. The minimum Gasteiger partial charge on any atom is -0.383 e. The van der Waals surface area contributed by atoms with E-state index in [4.69, 9.17) is 11.6 Å². The smallest absolute Gasteiger partial charge is 0.255 e. The molecule has 1 amide bonds. The van der Waals surface area contributed by atoms with Gasteiger partial charge in [0.15, 0.2) is 0 Å². The summed E-state index contributed by atoms with van der Waals surface area (Å²) in [5.74, 6) is -3.27. The Balaban J connectivity index is 2.26. The highest BCUT2D eigenvalue weighted by Crippen LogP contribution is 2.22. The van der Waals surface area contributed by atoms with Crippen molar-refractivity contribution >= 4 is 28.9 Å². The molecule has 0 unspecified atom stereocenters. The predicted molar refractivity (Wildman–Crippen MR) is 75.3 cm³/mol. The molecule has 2 rings (SSSR count). The minimum absolute atomic E-state index is 0.0940. The summed E-state index contributed by atoms with van der Waals surface area (Å²) in [6.07, 6.45) is 0. The first-order valence-corrected chi connectivity index (χ1v) is 6.23. The molecule has 7 heteroatoms. The van der Waals surface area contributed by atoms with Crippen LogP contribution in [0.4, 0.5) is 24.5 Å². The van der Waals surface area contributed by atoms with E-state index in [1.807, 2.05) is 0 Å². The summed E-state index contributed by atoms with van der Waals surface area (Å²) < 4.78 is 40.4. The van der Waals surface area contributed by atoms with E-state index in [9.17, 15) is 18.0 Å². The van der Waals surface area contributed by atoms with E-state index < -0.39 is 23.4 Å². The number of amides is 1. The van der Waals surface area contributed by atoms with Crippen LogP contribution in [0.25, 0.3) is 0 Å². The summed E-state index contributed by atoms with van der Waals surface area (Å²) in [5.41, 5.74) is -0.427. The number of nitrogens with one attached hydrogen (secondary N) is 2. The van der Waals surface area contributed by atoms with Gasteiger partial charge in [-0.15, -0.1) is 0 Å². The molecule has 2 aromatic carbocycles. The van der Waals surface area contributed by atoms with Gasteiger partial charge in [-0.05, 0) is 30.3 Å². The predicted octanol–water partition coefficient (Wildman–Crippen LogP) is 4.05. The van der Waals surface area contributed by atoms with Crippen molar-refractivity contribution in [3.05, 3.63) is 58.4 Å². The fourth-order valence-electron chi connectivity index (χ4n) is 1.72. The Morgan fingerprint density at radius 3 is 2.19 bits per heavy atom. The second-order valence-electron chi connectivity index (χ2n) is 4.15. The van der Waals surface area contributed by atoms with Gasteiger partial charge in [0.25, 0.3) is 5.91 Å². The van der Waals surface area contributed by atoms with Crippen LogP contribution >= 0.6 is 11.6 Å². The van der Waals surface area contributed by atoms with Crippen LogP contribution in [0.15, 0.2) is 30.3 Å². The van der Waals surface area contributed by atoms with E-state index in [0.29, 0.717) is 0 Å². The van der Waals surface area contributed by atoms with Crippen molar-refractivity contribution in [3.8, 4) is 0 Å². The summed E-state index contributed by atoms with van der Waals surface area (Å²) in [6, 6.07) is 5.41. The highest BCUT2D eigenvalue weighted by Gasteiger charge is 2.15. The van der Waals surface area contributed by atoms with Crippen LogP contribution in [0, 0.1) is 17.5 Å². The van der Waals surface area contributed by atoms with Crippen LogP contribution in [0.5, 0.6) is 0 Å². The van der Waals surface area contributed by atoms with E-state index in [2.05, 4.69) is 10.6 Å². The van der Waals surface area contributed by atoms with Gasteiger partial charge in [0.2, 0.25) is 0 Å². The van der Waals surface area contributed by atoms with Crippen molar-refractivity contribution in [2.45, 2.75) is 0 Å². The molecule has 0 radical (unpaired) electrons. The number of hydrogen-bond acceptors (Lipinski definition) is 2. The molecule has 0 aliphatic rings. The highest BCUT2D eigenvalue weighted by molar-refractivity contribution is 6.30. The number of halogens is 4. The lowest BCUT2D eigenvalue weighted by Crippen LogP contribution is -2.13. The van der Waals surface area contributed by atoms with Crippen LogP contribution in [0.2, 0.25) is 5.02 Å². The zero-order chi connectivity index (χ0) is 15.6. The molecule has 2 N–H and O–H groups in total. The second kappa shape index (κ2) is 6.05. The number of carbonyl (C=O) groups excluding carboxylic acids is 1. The Labute approximate surface area is 123 Å². The maximum Gasteiger partial charge on any atom is 0.255 e. The van der Waals surface area contributed by atoms with Crippen LogP contribution in [-0.4, -0.2) is 13.0 Å². The molecule has 0 heterocycles. The van der Waals surface area contributed by atoms with Crippen molar-refractivity contribution in [2.75, 3.05) is 17.7 Å². The van der Waals surface area contributed by atoms with Crippen LogP contribution in [0.1, 0.15) is 10.4 Å². The Hall–Kier alpha value is -2.21.